The van der Waals surface area contributed by atoms with Gasteiger partial charge in [-0.25, -0.2) is 0 Å². The largest absolute Gasteiger partial charge is 0.345 e. The van der Waals surface area contributed by atoms with Crippen LogP contribution in [0, 0.1) is 9.49 Å². The van der Waals surface area contributed by atoms with Gasteiger partial charge in [0.25, 0.3) is 0 Å². The molecule has 1 saturated heterocycles. The predicted molar refractivity (Wildman–Crippen MR) is 73.5 cm³/mol. The summed E-state index contributed by atoms with van der Waals surface area (Å²) in [4.78, 5) is 24.8. The van der Waals surface area contributed by atoms with Gasteiger partial charge in [-0.2, -0.15) is 0 Å². The lowest BCUT2D eigenvalue weighted by Gasteiger charge is -2.11. The Balaban J connectivity index is 1.98. The van der Waals surface area contributed by atoms with Crippen LogP contribution in [0.3, 0.4) is 0 Å². The SMILES string of the molecule is CN1C[C@H](C(=O)Nc2ccc(I)cc2)CC1=O. The van der Waals surface area contributed by atoms with Crippen molar-refractivity contribution in [3.63, 3.8) is 0 Å². The molecule has 90 valence electrons. The lowest BCUT2D eigenvalue weighted by atomic mass is 10.1. The summed E-state index contributed by atoms with van der Waals surface area (Å²) in [6, 6.07) is 7.59. The molecule has 0 unspecified atom stereocenters. The summed E-state index contributed by atoms with van der Waals surface area (Å²) in [5.74, 6) is -0.275. The van der Waals surface area contributed by atoms with E-state index in [1.54, 1.807) is 11.9 Å². The quantitative estimate of drug-likeness (QED) is 0.831. The summed E-state index contributed by atoms with van der Waals surface area (Å²) in [6.45, 7) is 0.509. The van der Waals surface area contributed by atoms with Gasteiger partial charge in [-0.3, -0.25) is 9.59 Å². The maximum absolute atomic E-state index is 11.9. The average Bonchev–Trinajstić information content (AvgIpc) is 2.63. The van der Waals surface area contributed by atoms with Crippen LogP contribution in [0.25, 0.3) is 0 Å². The average molecular weight is 344 g/mol. The number of hydrogen-bond acceptors (Lipinski definition) is 2. The molecule has 0 spiro atoms. The smallest absolute Gasteiger partial charge is 0.229 e. The van der Waals surface area contributed by atoms with Gasteiger partial charge in [-0.05, 0) is 46.9 Å². The molecule has 0 aliphatic carbocycles. The highest BCUT2D eigenvalue weighted by Gasteiger charge is 2.31. The van der Waals surface area contributed by atoms with Gasteiger partial charge in [0.2, 0.25) is 11.8 Å². The first-order chi connectivity index (χ1) is 8.06. The second-order valence-corrected chi connectivity index (χ2v) is 5.42. The van der Waals surface area contributed by atoms with Gasteiger partial charge < -0.3 is 10.2 Å². The van der Waals surface area contributed by atoms with Crippen molar-refractivity contribution >= 4 is 40.1 Å². The first kappa shape index (κ1) is 12.3. The fraction of sp³-hybridized carbons (Fsp3) is 0.333. The van der Waals surface area contributed by atoms with Gasteiger partial charge in [0, 0.05) is 29.3 Å². The Morgan fingerprint density at radius 2 is 2.06 bits per heavy atom. The van der Waals surface area contributed by atoms with E-state index in [-0.39, 0.29) is 17.7 Å². The van der Waals surface area contributed by atoms with E-state index in [4.69, 9.17) is 0 Å². The van der Waals surface area contributed by atoms with Gasteiger partial charge in [0.15, 0.2) is 0 Å². The zero-order valence-electron chi connectivity index (χ0n) is 9.44. The van der Waals surface area contributed by atoms with Crippen LogP contribution >= 0.6 is 22.6 Å². The number of rotatable bonds is 2. The zero-order chi connectivity index (χ0) is 12.4. The standard InChI is InChI=1S/C12H13IN2O2/c1-15-7-8(6-11(15)16)12(17)14-10-4-2-9(13)3-5-10/h2-5,8H,6-7H2,1H3,(H,14,17)/t8-/m1/s1. The van der Waals surface area contributed by atoms with E-state index < -0.39 is 0 Å². The van der Waals surface area contributed by atoms with Gasteiger partial charge in [0.05, 0.1) is 5.92 Å². The van der Waals surface area contributed by atoms with Crippen LogP contribution in [0.15, 0.2) is 24.3 Å². The summed E-state index contributed by atoms with van der Waals surface area (Å²) < 4.78 is 1.12. The molecular weight excluding hydrogens is 331 g/mol. The van der Waals surface area contributed by atoms with Crippen molar-refractivity contribution in [2.45, 2.75) is 6.42 Å². The topological polar surface area (TPSA) is 49.4 Å². The van der Waals surface area contributed by atoms with E-state index in [9.17, 15) is 9.59 Å². The van der Waals surface area contributed by atoms with Crippen LogP contribution in [-0.2, 0) is 9.59 Å². The highest BCUT2D eigenvalue weighted by molar-refractivity contribution is 14.1. The second kappa shape index (κ2) is 5.03. The highest BCUT2D eigenvalue weighted by atomic mass is 127. The number of carbonyl (C=O) groups excluding carboxylic acids is 2. The Bertz CT molecular complexity index is 444. The molecule has 0 aromatic heterocycles. The molecule has 0 saturated carbocycles. The molecule has 1 aromatic rings. The molecule has 0 bridgehead atoms. The molecule has 1 aliphatic rings. The molecule has 4 nitrogen and oxygen atoms in total. The zero-order valence-corrected chi connectivity index (χ0v) is 11.6. The van der Waals surface area contributed by atoms with Crippen LogP contribution in [0.1, 0.15) is 6.42 Å². The van der Waals surface area contributed by atoms with Crippen molar-refractivity contribution < 1.29 is 9.59 Å². The molecule has 1 atom stereocenters. The van der Waals surface area contributed by atoms with E-state index in [0.717, 1.165) is 9.26 Å². The molecule has 1 heterocycles. The van der Waals surface area contributed by atoms with Crippen molar-refractivity contribution in [1.82, 2.24) is 4.90 Å². The first-order valence-corrected chi connectivity index (χ1v) is 6.44. The molecule has 1 aromatic carbocycles. The molecular formula is C12H13IN2O2. The molecule has 2 amide bonds. The Morgan fingerprint density at radius 1 is 1.41 bits per heavy atom. The van der Waals surface area contributed by atoms with Gasteiger partial charge in [-0.1, -0.05) is 0 Å². The van der Waals surface area contributed by atoms with Crippen molar-refractivity contribution in [2.75, 3.05) is 18.9 Å². The summed E-state index contributed by atoms with van der Waals surface area (Å²) in [5.41, 5.74) is 0.775. The third kappa shape index (κ3) is 2.96. The lowest BCUT2D eigenvalue weighted by molar-refractivity contribution is -0.127. The third-order valence-corrected chi connectivity index (χ3v) is 3.54. The number of anilines is 1. The van der Waals surface area contributed by atoms with Crippen molar-refractivity contribution in [2.24, 2.45) is 5.92 Å². The fourth-order valence-electron chi connectivity index (χ4n) is 1.82. The summed E-state index contributed by atoms with van der Waals surface area (Å²) >= 11 is 2.21. The van der Waals surface area contributed by atoms with Crippen LogP contribution < -0.4 is 5.32 Å². The third-order valence-electron chi connectivity index (χ3n) is 2.82. The van der Waals surface area contributed by atoms with Gasteiger partial charge in [-0.15, -0.1) is 0 Å². The lowest BCUT2D eigenvalue weighted by Crippen LogP contribution is -2.25. The molecule has 5 heteroatoms. The van der Waals surface area contributed by atoms with E-state index in [1.807, 2.05) is 24.3 Å². The summed E-state index contributed by atoms with van der Waals surface area (Å²) in [5, 5.41) is 2.83. The van der Waals surface area contributed by atoms with E-state index in [1.165, 1.54) is 0 Å². The Hall–Kier alpha value is -1.11. The molecule has 2 rings (SSSR count). The van der Waals surface area contributed by atoms with E-state index in [2.05, 4.69) is 27.9 Å². The maximum atomic E-state index is 11.9. The van der Waals surface area contributed by atoms with Crippen LogP contribution in [0.2, 0.25) is 0 Å². The summed E-state index contributed by atoms with van der Waals surface area (Å²) in [6.07, 6.45) is 0.312. The molecule has 17 heavy (non-hydrogen) atoms. The van der Waals surface area contributed by atoms with E-state index in [0.29, 0.717) is 13.0 Å². The number of amides is 2. The maximum Gasteiger partial charge on any atom is 0.229 e. The number of carbonyl (C=O) groups is 2. The van der Waals surface area contributed by atoms with Crippen LogP contribution in [0.4, 0.5) is 5.69 Å². The van der Waals surface area contributed by atoms with Crippen molar-refractivity contribution in [3.05, 3.63) is 27.8 Å². The Morgan fingerprint density at radius 3 is 2.59 bits per heavy atom. The number of benzene rings is 1. The minimum absolute atomic E-state index is 0.0350. The van der Waals surface area contributed by atoms with Crippen LogP contribution in [-0.4, -0.2) is 30.3 Å². The number of halogens is 1. The fourth-order valence-corrected chi connectivity index (χ4v) is 2.18. The van der Waals surface area contributed by atoms with Crippen LogP contribution in [0.5, 0.6) is 0 Å². The normalized spacial score (nSPS) is 19.5. The van der Waals surface area contributed by atoms with E-state index >= 15 is 0 Å². The monoisotopic (exact) mass is 344 g/mol. The molecule has 1 aliphatic heterocycles. The van der Waals surface area contributed by atoms with Crippen molar-refractivity contribution in [1.29, 1.82) is 0 Å². The number of nitrogens with one attached hydrogen (secondary N) is 1. The number of hydrogen-bond donors (Lipinski definition) is 1. The molecule has 1 N–H and O–H groups in total. The minimum atomic E-state index is -0.230. The first-order valence-electron chi connectivity index (χ1n) is 5.36. The molecule has 0 radical (unpaired) electrons. The van der Waals surface area contributed by atoms with Gasteiger partial charge >= 0.3 is 0 Å². The number of nitrogens with zero attached hydrogens (tertiary/aromatic N) is 1. The van der Waals surface area contributed by atoms with Crippen molar-refractivity contribution in [3.8, 4) is 0 Å². The number of likely N-dealkylation sites (tertiary alicyclic amines) is 1. The highest BCUT2D eigenvalue weighted by Crippen LogP contribution is 2.19. The second-order valence-electron chi connectivity index (χ2n) is 4.17. The predicted octanol–water partition coefficient (Wildman–Crippen LogP) is 1.71. The Labute approximate surface area is 114 Å². The minimum Gasteiger partial charge on any atom is -0.345 e. The Kier molecular flexibility index (Phi) is 3.66. The summed E-state index contributed by atoms with van der Waals surface area (Å²) in [7, 11) is 1.72. The van der Waals surface area contributed by atoms with Gasteiger partial charge in [0.1, 0.15) is 0 Å². The molecule has 1 fully saturated rings.